The SMILES string of the molecule is CN1CCN(C(=O)C(Cc2ccc(NC(=O)CNC=O)c(F)c2)NC(=O)CC2CC2)CC1. The van der Waals surface area contributed by atoms with Gasteiger partial charge >= 0.3 is 0 Å². The Labute approximate surface area is 186 Å². The topological polar surface area (TPSA) is 111 Å². The number of rotatable bonds is 10. The van der Waals surface area contributed by atoms with Crippen LogP contribution in [0.1, 0.15) is 24.8 Å². The number of anilines is 1. The number of nitrogens with one attached hydrogen (secondary N) is 3. The Hall–Kier alpha value is -3.01. The minimum absolute atomic E-state index is 0.0221. The maximum atomic E-state index is 14.5. The lowest BCUT2D eigenvalue weighted by Crippen LogP contribution is -2.55. The Balaban J connectivity index is 1.67. The van der Waals surface area contributed by atoms with Crippen LogP contribution in [-0.4, -0.2) is 79.7 Å². The Morgan fingerprint density at radius 2 is 1.88 bits per heavy atom. The smallest absolute Gasteiger partial charge is 0.245 e. The van der Waals surface area contributed by atoms with Gasteiger partial charge in [0.2, 0.25) is 24.1 Å². The number of carbonyl (C=O) groups excluding carboxylic acids is 4. The molecule has 1 aliphatic carbocycles. The van der Waals surface area contributed by atoms with E-state index >= 15 is 0 Å². The fourth-order valence-electron chi connectivity index (χ4n) is 3.64. The second-order valence-electron chi connectivity index (χ2n) is 8.46. The molecule has 4 amide bonds. The number of hydrogen-bond donors (Lipinski definition) is 3. The average Bonchev–Trinajstić information content (AvgIpc) is 3.57. The van der Waals surface area contributed by atoms with Crippen molar-refractivity contribution in [1.82, 2.24) is 20.4 Å². The van der Waals surface area contributed by atoms with Crippen molar-refractivity contribution in [3.63, 3.8) is 0 Å². The van der Waals surface area contributed by atoms with Crippen molar-refractivity contribution in [2.75, 3.05) is 45.1 Å². The van der Waals surface area contributed by atoms with Gasteiger partial charge in [-0.1, -0.05) is 6.07 Å². The van der Waals surface area contributed by atoms with Gasteiger partial charge in [-0.25, -0.2) is 4.39 Å². The Kier molecular flexibility index (Phi) is 8.15. The molecule has 0 bridgehead atoms. The highest BCUT2D eigenvalue weighted by molar-refractivity contribution is 5.93. The molecule has 2 aliphatic rings. The minimum atomic E-state index is -0.777. The summed E-state index contributed by atoms with van der Waals surface area (Å²) in [5.41, 5.74) is 0.511. The molecule has 1 saturated heterocycles. The van der Waals surface area contributed by atoms with Crippen molar-refractivity contribution >= 4 is 29.8 Å². The van der Waals surface area contributed by atoms with Crippen LogP contribution in [0.2, 0.25) is 0 Å². The first-order valence-corrected chi connectivity index (χ1v) is 10.9. The lowest BCUT2D eigenvalue weighted by atomic mass is 10.0. The average molecular weight is 448 g/mol. The summed E-state index contributed by atoms with van der Waals surface area (Å²) in [4.78, 5) is 51.4. The van der Waals surface area contributed by atoms with E-state index in [0.717, 1.165) is 25.9 Å². The highest BCUT2D eigenvalue weighted by Crippen LogP contribution is 2.32. The van der Waals surface area contributed by atoms with Gasteiger partial charge in [0, 0.05) is 39.0 Å². The van der Waals surface area contributed by atoms with E-state index in [1.807, 2.05) is 7.05 Å². The second kappa shape index (κ2) is 11.0. The van der Waals surface area contributed by atoms with E-state index in [9.17, 15) is 23.6 Å². The van der Waals surface area contributed by atoms with Gasteiger partial charge in [-0.3, -0.25) is 19.2 Å². The Bertz CT molecular complexity index is 853. The number of hydrogen-bond acceptors (Lipinski definition) is 5. The molecule has 1 saturated carbocycles. The summed E-state index contributed by atoms with van der Waals surface area (Å²) in [6, 6.07) is 3.50. The molecule has 32 heavy (non-hydrogen) atoms. The van der Waals surface area contributed by atoms with Gasteiger partial charge in [0.15, 0.2) is 0 Å². The molecular formula is C22H30FN5O4. The van der Waals surface area contributed by atoms with Crippen LogP contribution in [0.15, 0.2) is 18.2 Å². The highest BCUT2D eigenvalue weighted by Gasteiger charge is 2.30. The molecule has 2 fully saturated rings. The van der Waals surface area contributed by atoms with Gasteiger partial charge in [0.25, 0.3) is 0 Å². The number of nitrogens with zero attached hydrogens (tertiary/aromatic N) is 2. The lowest BCUT2D eigenvalue weighted by molar-refractivity contribution is -0.137. The molecule has 10 heteroatoms. The molecular weight excluding hydrogens is 417 g/mol. The highest BCUT2D eigenvalue weighted by atomic mass is 19.1. The zero-order valence-electron chi connectivity index (χ0n) is 18.2. The zero-order valence-corrected chi connectivity index (χ0v) is 18.2. The number of likely N-dealkylation sites (N-methyl/N-ethyl adjacent to an activating group) is 1. The first kappa shape index (κ1) is 23.6. The number of carbonyl (C=O) groups is 4. The second-order valence-corrected chi connectivity index (χ2v) is 8.46. The van der Waals surface area contributed by atoms with Gasteiger partial charge in [-0.15, -0.1) is 0 Å². The van der Waals surface area contributed by atoms with Crippen LogP contribution in [-0.2, 0) is 25.6 Å². The van der Waals surface area contributed by atoms with E-state index in [4.69, 9.17) is 0 Å². The van der Waals surface area contributed by atoms with E-state index in [0.29, 0.717) is 37.4 Å². The number of benzene rings is 1. The fraction of sp³-hybridized carbons (Fsp3) is 0.545. The van der Waals surface area contributed by atoms with Crippen molar-refractivity contribution < 1.29 is 23.6 Å². The molecule has 1 aromatic carbocycles. The van der Waals surface area contributed by atoms with Crippen LogP contribution >= 0.6 is 0 Å². The third kappa shape index (κ3) is 7.01. The molecule has 9 nitrogen and oxygen atoms in total. The van der Waals surface area contributed by atoms with Crippen molar-refractivity contribution in [2.24, 2.45) is 5.92 Å². The van der Waals surface area contributed by atoms with Crippen molar-refractivity contribution in [2.45, 2.75) is 31.7 Å². The van der Waals surface area contributed by atoms with Crippen LogP contribution in [0.3, 0.4) is 0 Å². The fourth-order valence-corrected chi connectivity index (χ4v) is 3.64. The maximum Gasteiger partial charge on any atom is 0.245 e. The monoisotopic (exact) mass is 447 g/mol. The predicted molar refractivity (Wildman–Crippen MR) is 116 cm³/mol. The summed E-state index contributed by atoms with van der Waals surface area (Å²) in [6.07, 6.45) is 3.00. The lowest BCUT2D eigenvalue weighted by Gasteiger charge is -2.35. The summed E-state index contributed by atoms with van der Waals surface area (Å²) < 4.78 is 14.5. The molecule has 3 N–H and O–H groups in total. The summed E-state index contributed by atoms with van der Waals surface area (Å²) >= 11 is 0. The summed E-state index contributed by atoms with van der Waals surface area (Å²) in [6.45, 7) is 2.42. The molecule has 3 rings (SSSR count). The van der Waals surface area contributed by atoms with E-state index in [-0.39, 0.29) is 30.5 Å². The first-order chi connectivity index (χ1) is 15.4. The van der Waals surface area contributed by atoms with Crippen molar-refractivity contribution in [3.05, 3.63) is 29.6 Å². The summed E-state index contributed by atoms with van der Waals surface area (Å²) in [7, 11) is 1.99. The zero-order chi connectivity index (χ0) is 23.1. The molecule has 0 spiro atoms. The van der Waals surface area contributed by atoms with Crippen LogP contribution < -0.4 is 16.0 Å². The molecule has 1 aromatic rings. The predicted octanol–water partition coefficient (Wildman–Crippen LogP) is 0.112. The van der Waals surface area contributed by atoms with Crippen LogP contribution in [0.5, 0.6) is 0 Å². The number of halogens is 1. The van der Waals surface area contributed by atoms with Gasteiger partial charge in [0.1, 0.15) is 11.9 Å². The van der Waals surface area contributed by atoms with Gasteiger partial charge in [0.05, 0.1) is 12.2 Å². The van der Waals surface area contributed by atoms with Crippen LogP contribution in [0.4, 0.5) is 10.1 Å². The van der Waals surface area contributed by atoms with E-state index in [1.165, 1.54) is 12.1 Å². The Morgan fingerprint density at radius 1 is 1.16 bits per heavy atom. The molecule has 1 unspecified atom stereocenters. The van der Waals surface area contributed by atoms with Crippen molar-refractivity contribution in [1.29, 1.82) is 0 Å². The third-order valence-electron chi connectivity index (χ3n) is 5.71. The molecule has 1 heterocycles. The van der Waals surface area contributed by atoms with E-state index < -0.39 is 17.8 Å². The first-order valence-electron chi connectivity index (χ1n) is 10.9. The van der Waals surface area contributed by atoms with Crippen LogP contribution in [0, 0.1) is 11.7 Å². The summed E-state index contributed by atoms with van der Waals surface area (Å²) in [5, 5.41) is 7.44. The van der Waals surface area contributed by atoms with Crippen LogP contribution in [0.25, 0.3) is 0 Å². The Morgan fingerprint density at radius 3 is 2.50 bits per heavy atom. The maximum absolute atomic E-state index is 14.5. The van der Waals surface area contributed by atoms with Gasteiger partial charge in [-0.2, -0.15) is 0 Å². The quantitative estimate of drug-likeness (QED) is 0.441. The van der Waals surface area contributed by atoms with E-state index in [1.54, 1.807) is 11.0 Å². The number of piperazine rings is 1. The molecule has 0 aromatic heterocycles. The molecule has 1 atom stereocenters. The molecule has 174 valence electrons. The van der Waals surface area contributed by atoms with Gasteiger partial charge in [-0.05, 0) is 43.5 Å². The summed E-state index contributed by atoms with van der Waals surface area (Å²) in [5.74, 6) is -1.15. The normalized spacial score (nSPS) is 17.4. The minimum Gasteiger partial charge on any atom is -0.350 e. The largest absolute Gasteiger partial charge is 0.350 e. The van der Waals surface area contributed by atoms with E-state index in [2.05, 4.69) is 20.9 Å². The third-order valence-corrected chi connectivity index (χ3v) is 5.71. The number of amides is 4. The molecule has 0 radical (unpaired) electrons. The standard InChI is InChI=1S/C22H30FN5O4/c1-27-6-8-28(9-7-27)22(32)19(26-20(30)12-15-2-3-15)11-16-4-5-18(17(23)10-16)25-21(31)13-24-14-29/h4-5,10,14-15,19H,2-3,6-9,11-13H2,1H3,(H,24,29)(H,25,31)(H,26,30). The van der Waals surface area contributed by atoms with Crippen molar-refractivity contribution in [3.8, 4) is 0 Å². The van der Waals surface area contributed by atoms with Gasteiger partial charge < -0.3 is 25.8 Å². The molecule has 1 aliphatic heterocycles.